The van der Waals surface area contributed by atoms with Crippen LogP contribution in [0.5, 0.6) is 0 Å². The summed E-state index contributed by atoms with van der Waals surface area (Å²) < 4.78 is 1.96. The van der Waals surface area contributed by atoms with E-state index in [0.717, 1.165) is 8.71 Å². The molecule has 1 rings (SSSR count). The van der Waals surface area contributed by atoms with Gasteiger partial charge in [0.05, 0.1) is 0 Å². The van der Waals surface area contributed by atoms with E-state index in [1.807, 2.05) is 36.8 Å². The van der Waals surface area contributed by atoms with E-state index in [9.17, 15) is 4.79 Å². The Hall–Kier alpha value is -0.190. The van der Waals surface area contributed by atoms with Crippen LogP contribution in [0.3, 0.4) is 0 Å². The van der Waals surface area contributed by atoms with Crippen LogP contribution < -0.4 is 0 Å². The minimum absolute atomic E-state index is 0.0509. The summed E-state index contributed by atoms with van der Waals surface area (Å²) in [5.74, 6) is 0.0509. The van der Waals surface area contributed by atoms with E-state index >= 15 is 0 Å². The molecule has 0 atom stereocenters. The molecule has 0 unspecified atom stereocenters. The second kappa shape index (κ2) is 6.40. The maximum atomic E-state index is 11.8. The summed E-state index contributed by atoms with van der Waals surface area (Å²) in [5, 5.41) is 0. The molecule has 1 aromatic carbocycles. The van der Waals surface area contributed by atoms with Crippen LogP contribution in [-0.4, -0.2) is 18.3 Å². The van der Waals surface area contributed by atoms with Crippen LogP contribution >= 0.6 is 39.5 Å². The van der Waals surface area contributed by atoms with Gasteiger partial charge in [-0.25, -0.2) is 0 Å². The van der Waals surface area contributed by atoms with Gasteiger partial charge in [-0.3, -0.25) is 4.79 Å². The van der Waals surface area contributed by atoms with Crippen LogP contribution in [0, 0.1) is 0 Å². The number of halogens is 1. The first-order valence-corrected chi connectivity index (χ1v) is 7.51. The van der Waals surface area contributed by atoms with Gasteiger partial charge < -0.3 is 0 Å². The van der Waals surface area contributed by atoms with Crippen molar-refractivity contribution in [1.29, 1.82) is 0 Å². The van der Waals surface area contributed by atoms with Crippen molar-refractivity contribution in [3.63, 3.8) is 0 Å². The highest BCUT2D eigenvalue weighted by molar-refractivity contribution is 9.10. The predicted octanol–water partition coefficient (Wildman–Crippen LogP) is 4.20. The number of ketones is 1. The van der Waals surface area contributed by atoms with Crippen LogP contribution in [0.2, 0.25) is 0 Å². The van der Waals surface area contributed by atoms with Crippen molar-refractivity contribution < 1.29 is 4.79 Å². The highest BCUT2D eigenvalue weighted by atomic mass is 79.9. The van der Waals surface area contributed by atoms with Crippen LogP contribution in [0.4, 0.5) is 0 Å². The van der Waals surface area contributed by atoms with E-state index < -0.39 is 0 Å². The molecule has 0 aromatic heterocycles. The van der Waals surface area contributed by atoms with Gasteiger partial charge in [0.15, 0.2) is 5.78 Å². The second-order valence-electron chi connectivity index (χ2n) is 2.75. The normalized spacial score (nSPS) is 9.80. The smallest absolute Gasteiger partial charge is 0.187 e. The zero-order chi connectivity index (χ0) is 11.3. The van der Waals surface area contributed by atoms with Gasteiger partial charge in [0.25, 0.3) is 0 Å². The fourth-order valence-electron chi connectivity index (χ4n) is 1.03. The summed E-state index contributed by atoms with van der Waals surface area (Å²) in [6, 6.07) is 7.42. The van der Waals surface area contributed by atoms with E-state index in [2.05, 4.69) is 15.9 Å². The largest absolute Gasteiger partial charge is 0.289 e. The van der Waals surface area contributed by atoms with E-state index in [-0.39, 0.29) is 5.78 Å². The summed E-state index contributed by atoms with van der Waals surface area (Å²) in [5.41, 5.74) is 0.713. The number of allylic oxidation sites excluding steroid dienone is 1. The van der Waals surface area contributed by atoms with Gasteiger partial charge in [-0.15, -0.1) is 23.5 Å². The number of thioether (sulfide) groups is 2. The fourth-order valence-corrected chi connectivity index (χ4v) is 2.55. The number of benzene rings is 1. The van der Waals surface area contributed by atoms with Crippen LogP contribution in [-0.2, 0) is 0 Å². The Morgan fingerprint density at radius 1 is 1.33 bits per heavy atom. The zero-order valence-electron chi connectivity index (χ0n) is 8.49. The van der Waals surface area contributed by atoms with Crippen molar-refractivity contribution in [3.05, 3.63) is 44.6 Å². The Morgan fingerprint density at radius 2 is 2.00 bits per heavy atom. The van der Waals surface area contributed by atoms with E-state index in [4.69, 9.17) is 0 Å². The molecule has 0 radical (unpaired) electrons. The van der Waals surface area contributed by atoms with Crippen molar-refractivity contribution >= 4 is 45.2 Å². The zero-order valence-corrected chi connectivity index (χ0v) is 11.7. The molecule has 0 saturated heterocycles. The average Bonchev–Trinajstić information content (AvgIpc) is 2.25. The summed E-state index contributed by atoms with van der Waals surface area (Å²) in [6.07, 6.45) is 5.62. The monoisotopic (exact) mass is 302 g/mol. The van der Waals surface area contributed by atoms with Crippen LogP contribution in [0.15, 0.2) is 39.1 Å². The predicted molar refractivity (Wildman–Crippen MR) is 73.6 cm³/mol. The Morgan fingerprint density at radius 3 is 2.53 bits per heavy atom. The van der Waals surface area contributed by atoms with Crippen molar-refractivity contribution in [2.45, 2.75) is 0 Å². The third kappa shape index (κ3) is 4.05. The number of hydrogen-bond donors (Lipinski definition) is 0. The first-order chi connectivity index (χ1) is 7.17. The number of carbonyl (C=O) groups excluding carboxylic acids is 1. The topological polar surface area (TPSA) is 17.1 Å². The van der Waals surface area contributed by atoms with E-state index in [0.29, 0.717) is 5.56 Å². The second-order valence-corrected chi connectivity index (χ2v) is 5.62. The summed E-state index contributed by atoms with van der Waals surface area (Å²) >= 11 is 6.52. The Balaban J connectivity index is 2.90. The van der Waals surface area contributed by atoms with Gasteiger partial charge >= 0.3 is 0 Å². The third-order valence-corrected chi connectivity index (χ3v) is 4.29. The van der Waals surface area contributed by atoms with Crippen molar-refractivity contribution in [2.75, 3.05) is 12.5 Å². The number of rotatable bonds is 4. The highest BCUT2D eigenvalue weighted by Gasteiger charge is 2.04. The average molecular weight is 303 g/mol. The molecule has 1 aromatic rings. The van der Waals surface area contributed by atoms with Gasteiger partial charge in [-0.2, -0.15) is 0 Å². The standard InChI is InChI=1S/C11H11BrOS2/c1-14-11(15-2)7-10(13)8-4-3-5-9(12)6-8/h3-7H,1-2H3. The van der Waals surface area contributed by atoms with E-state index in [1.54, 1.807) is 29.6 Å². The Kier molecular flexibility index (Phi) is 5.50. The van der Waals surface area contributed by atoms with Crippen molar-refractivity contribution in [1.82, 2.24) is 0 Å². The van der Waals surface area contributed by atoms with Crippen molar-refractivity contribution in [2.24, 2.45) is 0 Å². The Bertz CT molecular complexity index is 382. The van der Waals surface area contributed by atoms with Crippen LogP contribution in [0.25, 0.3) is 0 Å². The lowest BCUT2D eigenvalue weighted by Crippen LogP contribution is -1.94. The first-order valence-electron chi connectivity index (χ1n) is 4.27. The molecule has 0 spiro atoms. The molecule has 0 aliphatic carbocycles. The summed E-state index contributed by atoms with van der Waals surface area (Å²) in [7, 11) is 0. The SMILES string of the molecule is CSC(=CC(=O)c1cccc(Br)c1)SC. The van der Waals surface area contributed by atoms with Gasteiger partial charge in [0, 0.05) is 20.3 Å². The molecular formula is C11H11BrOS2. The first kappa shape index (κ1) is 12.9. The summed E-state index contributed by atoms with van der Waals surface area (Å²) in [6.45, 7) is 0. The molecule has 15 heavy (non-hydrogen) atoms. The van der Waals surface area contributed by atoms with Crippen LogP contribution in [0.1, 0.15) is 10.4 Å². The molecule has 0 heterocycles. The van der Waals surface area contributed by atoms with Crippen molar-refractivity contribution in [3.8, 4) is 0 Å². The lowest BCUT2D eigenvalue weighted by molar-refractivity contribution is 0.104. The summed E-state index contributed by atoms with van der Waals surface area (Å²) in [4.78, 5) is 11.8. The molecule has 0 N–H and O–H groups in total. The minimum Gasteiger partial charge on any atom is -0.289 e. The van der Waals surface area contributed by atoms with Gasteiger partial charge in [-0.05, 0) is 24.6 Å². The van der Waals surface area contributed by atoms with Gasteiger partial charge in [0.1, 0.15) is 0 Å². The number of hydrogen-bond acceptors (Lipinski definition) is 3. The molecule has 0 bridgehead atoms. The molecular weight excluding hydrogens is 292 g/mol. The quantitative estimate of drug-likeness (QED) is 0.613. The van der Waals surface area contributed by atoms with Gasteiger partial charge in [-0.1, -0.05) is 28.1 Å². The fraction of sp³-hybridized carbons (Fsp3) is 0.182. The molecule has 0 saturated carbocycles. The molecule has 80 valence electrons. The molecule has 0 aliphatic heterocycles. The molecule has 0 fully saturated rings. The maximum Gasteiger partial charge on any atom is 0.187 e. The number of carbonyl (C=O) groups is 1. The maximum absolute atomic E-state index is 11.8. The molecule has 0 amide bonds. The molecule has 0 aliphatic rings. The highest BCUT2D eigenvalue weighted by Crippen LogP contribution is 2.24. The van der Waals surface area contributed by atoms with E-state index in [1.165, 1.54) is 0 Å². The molecule has 4 heteroatoms. The Labute approximate surface area is 107 Å². The lowest BCUT2D eigenvalue weighted by Gasteiger charge is -2.00. The van der Waals surface area contributed by atoms with Gasteiger partial charge in [0.2, 0.25) is 0 Å². The molecule has 1 nitrogen and oxygen atoms in total. The lowest BCUT2D eigenvalue weighted by atomic mass is 10.1. The third-order valence-electron chi connectivity index (χ3n) is 1.76. The minimum atomic E-state index is 0.0509.